The van der Waals surface area contributed by atoms with Crippen LogP contribution in [-0.2, 0) is 4.79 Å². The number of rotatable bonds is 5. The Balaban J connectivity index is 2.86. The summed E-state index contributed by atoms with van der Waals surface area (Å²) in [4.78, 5) is 32.1. The fraction of sp³-hybridized carbons (Fsp3) is 0.200. The van der Waals surface area contributed by atoms with E-state index in [2.05, 4.69) is 21.2 Å². The van der Waals surface area contributed by atoms with Crippen LogP contribution in [-0.4, -0.2) is 39.7 Å². The highest BCUT2D eigenvalue weighted by Gasteiger charge is 2.21. The van der Waals surface area contributed by atoms with E-state index in [-0.39, 0.29) is 15.7 Å². The van der Waals surface area contributed by atoms with Crippen molar-refractivity contribution in [2.75, 3.05) is 6.54 Å². The molecule has 1 aromatic rings. The number of hydrogen-bond acceptors (Lipinski definition) is 5. The van der Waals surface area contributed by atoms with E-state index in [4.69, 9.17) is 10.2 Å². The van der Waals surface area contributed by atoms with Crippen LogP contribution in [0, 0.1) is 10.1 Å². The molecular formula is C10H9BrN2O6. The van der Waals surface area contributed by atoms with Crippen LogP contribution in [0.5, 0.6) is 0 Å². The van der Waals surface area contributed by atoms with Crippen LogP contribution in [0.25, 0.3) is 0 Å². The van der Waals surface area contributed by atoms with Crippen LogP contribution < -0.4 is 5.32 Å². The lowest BCUT2D eigenvalue weighted by atomic mass is 10.2. The number of aliphatic carboxylic acids is 1. The maximum Gasteiger partial charge on any atom is 0.334 e. The minimum Gasteiger partial charge on any atom is -0.479 e. The van der Waals surface area contributed by atoms with E-state index in [1.807, 2.05) is 0 Å². The van der Waals surface area contributed by atoms with Gasteiger partial charge in [0.05, 0.1) is 17.0 Å². The van der Waals surface area contributed by atoms with Gasteiger partial charge in [0.2, 0.25) is 0 Å². The van der Waals surface area contributed by atoms with Crippen LogP contribution in [0.15, 0.2) is 22.7 Å². The zero-order valence-corrected chi connectivity index (χ0v) is 11.0. The summed E-state index contributed by atoms with van der Waals surface area (Å²) >= 11 is 2.94. The molecule has 19 heavy (non-hydrogen) atoms. The fourth-order valence-corrected chi connectivity index (χ4v) is 1.80. The number of nitro benzene ring substituents is 1. The molecule has 0 saturated heterocycles. The number of carbonyl (C=O) groups is 2. The van der Waals surface area contributed by atoms with E-state index in [0.717, 1.165) is 0 Å². The second kappa shape index (κ2) is 6.25. The minimum atomic E-state index is -1.73. The molecule has 0 aliphatic rings. The third-order valence-electron chi connectivity index (χ3n) is 2.16. The maximum absolute atomic E-state index is 11.7. The zero-order chi connectivity index (χ0) is 14.6. The van der Waals surface area contributed by atoms with Gasteiger partial charge in [0.1, 0.15) is 4.47 Å². The number of nitro groups is 1. The first-order valence-electron chi connectivity index (χ1n) is 4.96. The van der Waals surface area contributed by atoms with Gasteiger partial charge < -0.3 is 15.5 Å². The van der Waals surface area contributed by atoms with Crippen molar-refractivity contribution in [3.8, 4) is 0 Å². The monoisotopic (exact) mass is 332 g/mol. The van der Waals surface area contributed by atoms with Gasteiger partial charge in [0.15, 0.2) is 6.10 Å². The van der Waals surface area contributed by atoms with Crippen molar-refractivity contribution in [1.82, 2.24) is 5.32 Å². The molecule has 0 heterocycles. The molecule has 0 saturated carbocycles. The lowest BCUT2D eigenvalue weighted by molar-refractivity contribution is -0.385. The SMILES string of the molecule is O=C(NCC(O)C(=O)O)c1cccc([N+](=O)[O-])c1Br. The van der Waals surface area contributed by atoms with Gasteiger partial charge in [-0.2, -0.15) is 0 Å². The Bertz CT molecular complexity index is 533. The van der Waals surface area contributed by atoms with Gasteiger partial charge in [-0.05, 0) is 22.0 Å². The number of aliphatic hydroxyl groups is 1. The predicted molar refractivity (Wildman–Crippen MR) is 66.8 cm³/mol. The number of carboxylic acid groups (broad SMARTS) is 1. The molecule has 1 amide bonds. The molecule has 0 fully saturated rings. The second-order valence-electron chi connectivity index (χ2n) is 3.46. The minimum absolute atomic E-state index is 0.0117. The number of amides is 1. The van der Waals surface area contributed by atoms with Crippen LogP contribution in [0.2, 0.25) is 0 Å². The first-order valence-corrected chi connectivity index (χ1v) is 5.76. The van der Waals surface area contributed by atoms with Gasteiger partial charge in [-0.1, -0.05) is 6.07 Å². The summed E-state index contributed by atoms with van der Waals surface area (Å²) in [6.07, 6.45) is -1.73. The molecule has 0 radical (unpaired) electrons. The normalized spacial score (nSPS) is 11.7. The van der Waals surface area contributed by atoms with E-state index in [1.54, 1.807) is 0 Å². The molecular weight excluding hydrogens is 324 g/mol. The van der Waals surface area contributed by atoms with Crippen molar-refractivity contribution in [2.24, 2.45) is 0 Å². The third-order valence-corrected chi connectivity index (χ3v) is 2.99. The Kier molecular flexibility index (Phi) is 4.95. The molecule has 0 aromatic heterocycles. The van der Waals surface area contributed by atoms with Gasteiger partial charge >= 0.3 is 5.97 Å². The number of benzene rings is 1. The van der Waals surface area contributed by atoms with Gasteiger partial charge in [-0.15, -0.1) is 0 Å². The smallest absolute Gasteiger partial charge is 0.334 e. The molecule has 8 nitrogen and oxygen atoms in total. The van der Waals surface area contributed by atoms with E-state index >= 15 is 0 Å². The quantitative estimate of drug-likeness (QED) is 0.532. The van der Waals surface area contributed by atoms with E-state index in [1.165, 1.54) is 18.2 Å². The highest BCUT2D eigenvalue weighted by Crippen LogP contribution is 2.28. The molecule has 1 rings (SSSR count). The highest BCUT2D eigenvalue weighted by molar-refractivity contribution is 9.10. The summed E-state index contributed by atoms with van der Waals surface area (Å²) in [6, 6.07) is 3.87. The Morgan fingerprint density at radius 2 is 2.11 bits per heavy atom. The van der Waals surface area contributed by atoms with Gasteiger partial charge in [-0.25, -0.2) is 4.79 Å². The van der Waals surface area contributed by atoms with Crippen molar-refractivity contribution in [2.45, 2.75) is 6.10 Å². The van der Waals surface area contributed by atoms with E-state index in [0.29, 0.717) is 0 Å². The van der Waals surface area contributed by atoms with Crippen molar-refractivity contribution < 1.29 is 24.7 Å². The van der Waals surface area contributed by atoms with Crippen LogP contribution in [0.1, 0.15) is 10.4 Å². The molecule has 0 aliphatic carbocycles. The van der Waals surface area contributed by atoms with Gasteiger partial charge in [0.25, 0.3) is 11.6 Å². The first kappa shape index (κ1) is 15.1. The topological polar surface area (TPSA) is 130 Å². The Morgan fingerprint density at radius 1 is 1.47 bits per heavy atom. The molecule has 102 valence electrons. The molecule has 9 heteroatoms. The molecule has 1 aromatic carbocycles. The van der Waals surface area contributed by atoms with Crippen molar-refractivity contribution in [3.63, 3.8) is 0 Å². The number of carboxylic acids is 1. The van der Waals surface area contributed by atoms with Crippen molar-refractivity contribution in [3.05, 3.63) is 38.3 Å². The van der Waals surface area contributed by atoms with E-state index in [9.17, 15) is 19.7 Å². The number of hydrogen-bond donors (Lipinski definition) is 3. The standard InChI is InChI=1S/C10H9BrN2O6/c11-8-5(2-1-3-6(8)13(18)19)9(15)12-4-7(14)10(16)17/h1-3,7,14H,4H2,(H,12,15)(H,16,17). The third kappa shape index (κ3) is 3.73. The number of halogens is 1. The average molecular weight is 333 g/mol. The number of carbonyl (C=O) groups excluding carboxylic acids is 1. The second-order valence-corrected chi connectivity index (χ2v) is 4.25. The van der Waals surface area contributed by atoms with Crippen LogP contribution in [0.3, 0.4) is 0 Å². The summed E-state index contributed by atoms with van der Waals surface area (Å²) in [5.41, 5.74) is -0.307. The molecule has 3 N–H and O–H groups in total. The number of nitrogens with one attached hydrogen (secondary N) is 1. The number of aliphatic hydroxyl groups excluding tert-OH is 1. The zero-order valence-electron chi connectivity index (χ0n) is 9.37. The average Bonchev–Trinajstić information content (AvgIpc) is 2.35. The summed E-state index contributed by atoms with van der Waals surface area (Å²) in [5.74, 6) is -2.20. The summed E-state index contributed by atoms with van der Waals surface area (Å²) < 4.78 is -0.0117. The lowest BCUT2D eigenvalue weighted by Crippen LogP contribution is -2.36. The van der Waals surface area contributed by atoms with Crippen LogP contribution in [0.4, 0.5) is 5.69 Å². The summed E-state index contributed by atoms with van der Waals surface area (Å²) in [5, 5.41) is 30.3. The van der Waals surface area contributed by atoms with Crippen LogP contribution >= 0.6 is 15.9 Å². The van der Waals surface area contributed by atoms with E-state index < -0.39 is 29.4 Å². The highest BCUT2D eigenvalue weighted by atomic mass is 79.9. The van der Waals surface area contributed by atoms with Crippen molar-refractivity contribution >= 4 is 33.5 Å². The Labute approximate surface area is 115 Å². The summed E-state index contributed by atoms with van der Waals surface area (Å²) in [7, 11) is 0. The Hall–Kier alpha value is -2.00. The molecule has 0 aliphatic heterocycles. The summed E-state index contributed by atoms with van der Waals surface area (Å²) in [6.45, 7) is -0.497. The molecule has 0 spiro atoms. The first-order chi connectivity index (χ1) is 8.84. The van der Waals surface area contributed by atoms with Gasteiger partial charge in [0, 0.05) is 6.07 Å². The predicted octanol–water partition coefficient (Wildman–Crippen LogP) is 0.533. The fourth-order valence-electron chi connectivity index (χ4n) is 1.21. The maximum atomic E-state index is 11.7. The molecule has 1 unspecified atom stereocenters. The Morgan fingerprint density at radius 3 is 2.63 bits per heavy atom. The van der Waals surface area contributed by atoms with Gasteiger partial charge in [-0.3, -0.25) is 14.9 Å². The molecule has 0 bridgehead atoms. The lowest BCUT2D eigenvalue weighted by Gasteiger charge is -2.09. The largest absolute Gasteiger partial charge is 0.479 e. The van der Waals surface area contributed by atoms with Crippen molar-refractivity contribution in [1.29, 1.82) is 0 Å². The molecule has 1 atom stereocenters. The number of nitrogens with zero attached hydrogens (tertiary/aromatic N) is 1.